The molecule has 0 saturated carbocycles. The summed E-state index contributed by atoms with van der Waals surface area (Å²) in [5, 5.41) is 9.67. The number of benzene rings is 1. The number of nitrogens with zero attached hydrogens (tertiary/aromatic N) is 1. The fraction of sp³-hybridized carbons (Fsp3) is 0.611. The van der Waals surface area contributed by atoms with E-state index in [1.165, 1.54) is 0 Å². The molecular weight excluding hydrogens is 365 g/mol. The van der Waals surface area contributed by atoms with Gasteiger partial charge in [0.2, 0.25) is 5.91 Å². The number of carbonyl (C=O) groups excluding carboxylic acids is 1. The second-order valence-corrected chi connectivity index (χ2v) is 9.20. The first-order chi connectivity index (χ1) is 11.0. The first kappa shape index (κ1) is 23.4. The molecule has 0 N–H and O–H groups in total. The molecule has 0 radical (unpaired) electrons. The van der Waals surface area contributed by atoms with Gasteiger partial charge in [0.1, 0.15) is 11.0 Å². The molecule has 0 aliphatic carbocycles. The Kier molecular flexibility index (Phi) is 8.49. The number of hydrogen-bond donors (Lipinski definition) is 0. The number of fused-ring (bicyclic) bond motifs is 1. The Bertz CT molecular complexity index is 609. The van der Waals surface area contributed by atoms with Gasteiger partial charge >= 0.3 is 51.4 Å². The van der Waals surface area contributed by atoms with Crippen molar-refractivity contribution < 1.29 is 70.2 Å². The van der Waals surface area contributed by atoms with E-state index in [1.807, 2.05) is 44.2 Å². The summed E-state index contributed by atoms with van der Waals surface area (Å²) in [4.78, 5) is 15.0. The SMILES string of the molecule is CC(C)(C)[O-].CC1(C)OC[C@@H]2CC(S(=O)c3ccccc3)C(=O)N21.[K+]. The summed E-state index contributed by atoms with van der Waals surface area (Å²) < 4.78 is 18.1. The summed E-state index contributed by atoms with van der Waals surface area (Å²) in [6.07, 6.45) is 0.615. The van der Waals surface area contributed by atoms with Crippen LogP contribution < -0.4 is 56.5 Å². The molecule has 3 rings (SSSR count). The minimum Gasteiger partial charge on any atom is -0.850 e. The Morgan fingerprint density at radius 1 is 1.24 bits per heavy atom. The van der Waals surface area contributed by atoms with E-state index in [9.17, 15) is 14.1 Å². The van der Waals surface area contributed by atoms with Crippen molar-refractivity contribution in [3.05, 3.63) is 30.3 Å². The zero-order chi connectivity index (χ0) is 18.1. The third-order valence-electron chi connectivity index (χ3n) is 3.81. The van der Waals surface area contributed by atoms with Gasteiger partial charge in [-0.1, -0.05) is 39.0 Å². The van der Waals surface area contributed by atoms with E-state index in [0.717, 1.165) is 4.90 Å². The van der Waals surface area contributed by atoms with Gasteiger partial charge in [0.25, 0.3) is 0 Å². The third-order valence-corrected chi connectivity index (χ3v) is 5.45. The molecular formula is C18H26KNO4S. The number of rotatable bonds is 2. The Labute approximate surface area is 195 Å². The maximum atomic E-state index is 12.5. The molecule has 2 aliphatic rings. The van der Waals surface area contributed by atoms with Gasteiger partial charge in [-0.15, -0.1) is 5.60 Å². The van der Waals surface area contributed by atoms with Crippen LogP contribution in [0.25, 0.3) is 0 Å². The predicted molar refractivity (Wildman–Crippen MR) is 91.7 cm³/mol. The van der Waals surface area contributed by atoms with E-state index in [-0.39, 0.29) is 63.3 Å². The Morgan fingerprint density at radius 2 is 1.76 bits per heavy atom. The van der Waals surface area contributed by atoms with Gasteiger partial charge in [-0.25, -0.2) is 0 Å². The van der Waals surface area contributed by atoms with Crippen LogP contribution in [0.5, 0.6) is 0 Å². The minimum absolute atomic E-state index is 0. The van der Waals surface area contributed by atoms with Crippen LogP contribution in [0.15, 0.2) is 35.2 Å². The van der Waals surface area contributed by atoms with Gasteiger partial charge in [-0.3, -0.25) is 9.00 Å². The molecule has 1 aromatic rings. The van der Waals surface area contributed by atoms with Crippen molar-refractivity contribution >= 4 is 16.7 Å². The first-order valence-corrected chi connectivity index (χ1v) is 9.35. The smallest absolute Gasteiger partial charge is 0.850 e. The molecule has 2 aliphatic heterocycles. The maximum Gasteiger partial charge on any atom is 1.00 e. The van der Waals surface area contributed by atoms with Gasteiger partial charge in [0.05, 0.1) is 23.4 Å². The van der Waals surface area contributed by atoms with Crippen molar-refractivity contribution in [2.24, 2.45) is 0 Å². The Hall–Kier alpha value is 0.396. The normalized spacial score (nSPS) is 25.5. The van der Waals surface area contributed by atoms with Crippen molar-refractivity contribution in [1.82, 2.24) is 4.90 Å². The Morgan fingerprint density at radius 3 is 2.24 bits per heavy atom. The van der Waals surface area contributed by atoms with Crippen LogP contribution in [0.4, 0.5) is 0 Å². The van der Waals surface area contributed by atoms with Crippen LogP contribution in [0.1, 0.15) is 41.0 Å². The van der Waals surface area contributed by atoms with E-state index in [2.05, 4.69) is 0 Å². The zero-order valence-electron chi connectivity index (χ0n) is 15.9. The van der Waals surface area contributed by atoms with E-state index < -0.39 is 27.4 Å². The van der Waals surface area contributed by atoms with Crippen LogP contribution in [0, 0.1) is 0 Å². The summed E-state index contributed by atoms with van der Waals surface area (Å²) >= 11 is 0. The van der Waals surface area contributed by atoms with Crippen molar-refractivity contribution in [3.63, 3.8) is 0 Å². The first-order valence-electron chi connectivity index (χ1n) is 8.14. The second kappa shape index (κ2) is 9.06. The molecule has 2 heterocycles. The van der Waals surface area contributed by atoms with Crippen molar-refractivity contribution in [3.8, 4) is 0 Å². The number of carbonyl (C=O) groups is 1. The molecule has 1 aromatic carbocycles. The van der Waals surface area contributed by atoms with E-state index in [1.54, 1.807) is 25.7 Å². The van der Waals surface area contributed by atoms with Crippen LogP contribution in [0.3, 0.4) is 0 Å². The molecule has 0 bridgehead atoms. The summed E-state index contributed by atoms with van der Waals surface area (Å²) in [5.41, 5.74) is -1.32. The average Bonchev–Trinajstić information content (AvgIpc) is 2.96. The van der Waals surface area contributed by atoms with Crippen LogP contribution in [-0.4, -0.2) is 44.2 Å². The molecule has 0 aromatic heterocycles. The number of ether oxygens (including phenoxy) is 1. The topological polar surface area (TPSA) is 69.7 Å². The molecule has 2 fully saturated rings. The molecule has 134 valence electrons. The monoisotopic (exact) mass is 391 g/mol. The van der Waals surface area contributed by atoms with Gasteiger partial charge < -0.3 is 14.7 Å². The average molecular weight is 392 g/mol. The summed E-state index contributed by atoms with van der Waals surface area (Å²) in [6, 6.07) is 9.27. The largest absolute Gasteiger partial charge is 1.00 e. The van der Waals surface area contributed by atoms with Gasteiger partial charge in [0, 0.05) is 4.90 Å². The number of amides is 1. The fourth-order valence-electron chi connectivity index (χ4n) is 2.90. The molecule has 1 amide bonds. The molecule has 0 spiro atoms. The van der Waals surface area contributed by atoms with Gasteiger partial charge in [0.15, 0.2) is 0 Å². The summed E-state index contributed by atoms with van der Waals surface area (Å²) in [5.74, 6) is -0.0466. The summed E-state index contributed by atoms with van der Waals surface area (Å²) in [7, 11) is -1.28. The number of hydrogen-bond acceptors (Lipinski definition) is 4. The van der Waals surface area contributed by atoms with Crippen molar-refractivity contribution in [1.29, 1.82) is 0 Å². The van der Waals surface area contributed by atoms with E-state index in [4.69, 9.17) is 4.74 Å². The van der Waals surface area contributed by atoms with Crippen LogP contribution in [-0.2, 0) is 20.3 Å². The zero-order valence-corrected chi connectivity index (χ0v) is 19.9. The standard InChI is InChI=1S/C14H17NO3S.C4H9O.K/c1-14(2)15-10(9-18-14)8-12(13(15)16)19(17)11-6-4-3-5-7-11;1-4(2,3)5;/h3-7,10,12H,8-9H2,1-2H3;1-3H3;/q;-1;+1/t10-,12?,19?;;/m0../s1. The predicted octanol–water partition coefficient (Wildman–Crippen LogP) is -1.32. The van der Waals surface area contributed by atoms with E-state index in [0.29, 0.717) is 13.0 Å². The Balaban J connectivity index is 0.000000462. The van der Waals surface area contributed by atoms with Gasteiger partial charge in [-0.05, 0) is 32.4 Å². The van der Waals surface area contributed by atoms with Crippen molar-refractivity contribution in [2.75, 3.05) is 6.61 Å². The molecule has 3 atom stereocenters. The quantitative estimate of drug-likeness (QED) is 0.587. The molecule has 5 nitrogen and oxygen atoms in total. The molecule has 2 unspecified atom stereocenters. The van der Waals surface area contributed by atoms with Crippen LogP contribution in [0.2, 0.25) is 0 Å². The second-order valence-electron chi connectivity index (χ2n) is 7.57. The van der Waals surface area contributed by atoms with Crippen LogP contribution >= 0.6 is 0 Å². The minimum atomic E-state index is -1.28. The molecule has 2 saturated heterocycles. The van der Waals surface area contributed by atoms with E-state index >= 15 is 0 Å². The molecule has 7 heteroatoms. The van der Waals surface area contributed by atoms with Crippen molar-refractivity contribution in [2.45, 2.75) is 68.6 Å². The fourth-order valence-corrected chi connectivity index (χ4v) is 4.35. The summed E-state index contributed by atoms with van der Waals surface area (Å²) in [6.45, 7) is 9.21. The third kappa shape index (κ3) is 6.21. The molecule has 25 heavy (non-hydrogen) atoms. The van der Waals surface area contributed by atoms with Gasteiger partial charge in [-0.2, -0.15) is 0 Å². The maximum absolute atomic E-state index is 12.5.